The number of nitrogens with one attached hydrogen (secondary N) is 1. The van der Waals surface area contributed by atoms with E-state index in [2.05, 4.69) is 9.97 Å². The maximum atomic E-state index is 14.7. The second kappa shape index (κ2) is 8.60. The van der Waals surface area contributed by atoms with E-state index in [0.29, 0.717) is 28.3 Å². The lowest BCUT2D eigenvalue weighted by Gasteiger charge is -2.21. The van der Waals surface area contributed by atoms with Gasteiger partial charge in [0.1, 0.15) is 22.3 Å². The molecular weight excluding hydrogens is 427 g/mol. The van der Waals surface area contributed by atoms with Crippen LogP contribution in [0.1, 0.15) is 26.3 Å². The highest BCUT2D eigenvalue weighted by Gasteiger charge is 2.22. The molecule has 0 radical (unpaired) electrons. The Labute approximate surface area is 190 Å². The summed E-state index contributed by atoms with van der Waals surface area (Å²) in [5.41, 5.74) is 2.83. The molecule has 6 heteroatoms. The van der Waals surface area contributed by atoms with E-state index in [0.717, 1.165) is 5.56 Å². The van der Waals surface area contributed by atoms with Crippen LogP contribution in [0.3, 0.4) is 0 Å². The van der Waals surface area contributed by atoms with E-state index in [4.69, 9.17) is 16.3 Å². The first-order chi connectivity index (χ1) is 15.2. The first-order valence-electron chi connectivity index (χ1n) is 10.1. The zero-order valence-electron chi connectivity index (χ0n) is 17.9. The minimum absolute atomic E-state index is 0.0661. The quantitative estimate of drug-likeness (QED) is 0.366. The van der Waals surface area contributed by atoms with Crippen LogP contribution in [0.15, 0.2) is 77.7 Å². The van der Waals surface area contributed by atoms with Crippen LogP contribution in [0, 0.1) is 5.82 Å². The van der Waals surface area contributed by atoms with Gasteiger partial charge < -0.3 is 9.72 Å². The molecule has 2 heterocycles. The van der Waals surface area contributed by atoms with Crippen LogP contribution in [0.2, 0.25) is 5.02 Å². The van der Waals surface area contributed by atoms with Gasteiger partial charge in [0.2, 0.25) is 5.56 Å². The zero-order valence-corrected chi connectivity index (χ0v) is 18.7. The molecule has 2 aromatic heterocycles. The summed E-state index contributed by atoms with van der Waals surface area (Å²) in [7, 11) is 0. The molecule has 0 saturated carbocycles. The molecule has 0 aliphatic heterocycles. The lowest BCUT2D eigenvalue weighted by Crippen LogP contribution is -2.13. The van der Waals surface area contributed by atoms with E-state index in [-0.39, 0.29) is 21.7 Å². The molecule has 32 heavy (non-hydrogen) atoms. The maximum Gasteiger partial charge on any atom is 0.249 e. The molecule has 0 fully saturated rings. The highest BCUT2D eigenvalue weighted by atomic mass is 35.5. The fourth-order valence-electron chi connectivity index (χ4n) is 3.39. The Balaban J connectivity index is 1.61. The van der Waals surface area contributed by atoms with E-state index in [1.54, 1.807) is 24.3 Å². The molecule has 0 aliphatic carbocycles. The predicted molar refractivity (Wildman–Crippen MR) is 126 cm³/mol. The van der Waals surface area contributed by atoms with E-state index in [9.17, 15) is 9.18 Å². The average Bonchev–Trinajstić information content (AvgIpc) is 2.77. The van der Waals surface area contributed by atoms with Crippen LogP contribution >= 0.6 is 11.6 Å². The number of halogens is 2. The monoisotopic (exact) mass is 448 g/mol. The van der Waals surface area contributed by atoms with Crippen LogP contribution in [0.4, 0.5) is 4.39 Å². The van der Waals surface area contributed by atoms with Crippen LogP contribution in [0.5, 0.6) is 11.5 Å². The highest BCUT2D eigenvalue weighted by Crippen LogP contribution is 2.37. The van der Waals surface area contributed by atoms with Crippen molar-refractivity contribution in [3.05, 3.63) is 99.7 Å². The van der Waals surface area contributed by atoms with Gasteiger partial charge in [0, 0.05) is 17.3 Å². The van der Waals surface area contributed by atoms with Crippen molar-refractivity contribution < 1.29 is 9.13 Å². The molecule has 0 spiro atoms. The van der Waals surface area contributed by atoms with Crippen molar-refractivity contribution in [2.24, 2.45) is 0 Å². The van der Waals surface area contributed by atoms with Gasteiger partial charge in [-0.05, 0) is 40.8 Å². The molecule has 0 saturated heterocycles. The largest absolute Gasteiger partial charge is 0.454 e. The number of ether oxygens (including phenoxy) is 1. The maximum absolute atomic E-state index is 14.7. The minimum Gasteiger partial charge on any atom is -0.454 e. The van der Waals surface area contributed by atoms with Gasteiger partial charge in [-0.3, -0.25) is 9.78 Å². The van der Waals surface area contributed by atoms with Crippen molar-refractivity contribution in [1.29, 1.82) is 0 Å². The summed E-state index contributed by atoms with van der Waals surface area (Å²) < 4.78 is 20.5. The number of hydrogen-bond donors (Lipinski definition) is 1. The molecule has 2 aromatic carbocycles. The number of rotatable bonds is 4. The van der Waals surface area contributed by atoms with Gasteiger partial charge in [-0.15, -0.1) is 0 Å². The Bertz CT molecular complexity index is 1310. The lowest BCUT2D eigenvalue weighted by atomic mass is 9.86. The summed E-state index contributed by atoms with van der Waals surface area (Å²) in [6.45, 7) is 5.76. The first kappa shape index (κ1) is 21.8. The van der Waals surface area contributed by atoms with E-state index >= 15 is 0 Å². The number of pyridine rings is 2. The van der Waals surface area contributed by atoms with Gasteiger partial charge in [-0.25, -0.2) is 4.39 Å². The van der Waals surface area contributed by atoms with Crippen LogP contribution in [-0.4, -0.2) is 9.97 Å². The summed E-state index contributed by atoms with van der Waals surface area (Å²) in [6, 6.07) is 19.7. The molecule has 0 atom stereocenters. The van der Waals surface area contributed by atoms with Crippen molar-refractivity contribution in [2.45, 2.75) is 26.2 Å². The summed E-state index contributed by atoms with van der Waals surface area (Å²) in [6.07, 6.45) is 1.52. The summed E-state index contributed by atoms with van der Waals surface area (Å²) in [5.74, 6) is 0.138. The highest BCUT2D eigenvalue weighted by molar-refractivity contribution is 6.32. The Morgan fingerprint density at radius 1 is 0.969 bits per heavy atom. The number of benzene rings is 2. The molecule has 0 unspecified atom stereocenters. The third-order valence-corrected chi connectivity index (χ3v) is 5.40. The molecule has 0 bridgehead atoms. The lowest BCUT2D eigenvalue weighted by molar-refractivity contribution is 0.467. The second-order valence-corrected chi connectivity index (χ2v) is 8.86. The van der Waals surface area contributed by atoms with Crippen LogP contribution in [0.25, 0.3) is 22.5 Å². The van der Waals surface area contributed by atoms with Crippen molar-refractivity contribution in [2.75, 3.05) is 0 Å². The van der Waals surface area contributed by atoms with E-state index in [1.807, 2.05) is 57.2 Å². The van der Waals surface area contributed by atoms with Gasteiger partial charge in [0.05, 0.1) is 11.9 Å². The molecule has 162 valence electrons. The van der Waals surface area contributed by atoms with Gasteiger partial charge in [-0.1, -0.05) is 68.8 Å². The fourth-order valence-corrected chi connectivity index (χ4v) is 3.60. The topological polar surface area (TPSA) is 55.0 Å². The number of H-pyrrole nitrogens is 1. The zero-order chi connectivity index (χ0) is 22.9. The number of hydrogen-bond acceptors (Lipinski definition) is 3. The summed E-state index contributed by atoms with van der Waals surface area (Å²) in [5, 5.41) is -0.0661. The SMILES string of the molecule is CC(C)(C)c1ccc(Oc2ccc(-c3cc(-c4ccccc4)[nH]c(=O)c3)nc2)c(Cl)c1F. The Hall–Kier alpha value is -3.44. The van der Waals surface area contributed by atoms with Crippen molar-refractivity contribution in [3.63, 3.8) is 0 Å². The molecule has 0 aliphatic rings. The number of aromatic nitrogens is 2. The van der Waals surface area contributed by atoms with Crippen molar-refractivity contribution in [3.8, 4) is 34.0 Å². The van der Waals surface area contributed by atoms with Gasteiger partial charge >= 0.3 is 0 Å². The third-order valence-electron chi connectivity index (χ3n) is 5.04. The molecule has 1 N–H and O–H groups in total. The van der Waals surface area contributed by atoms with Gasteiger partial charge in [-0.2, -0.15) is 0 Å². The Morgan fingerprint density at radius 3 is 2.38 bits per heavy atom. The van der Waals surface area contributed by atoms with Gasteiger partial charge in [0.15, 0.2) is 0 Å². The summed E-state index contributed by atoms with van der Waals surface area (Å²) >= 11 is 6.22. The Kier molecular flexibility index (Phi) is 5.85. The Morgan fingerprint density at radius 2 is 1.72 bits per heavy atom. The fraction of sp³-hybridized carbons (Fsp3) is 0.154. The minimum atomic E-state index is -0.488. The van der Waals surface area contributed by atoms with E-state index in [1.165, 1.54) is 12.3 Å². The number of aromatic amines is 1. The molecule has 4 aromatic rings. The standard InChI is InChI=1S/C26H22ClFN2O2/c1-26(2,3)19-10-12-22(24(27)25(19)28)32-18-9-11-20(29-15-18)17-13-21(30-23(31)14-17)16-7-5-4-6-8-16/h4-15H,1-3H3,(H,30,31). The first-order valence-corrected chi connectivity index (χ1v) is 10.5. The second-order valence-electron chi connectivity index (χ2n) is 8.48. The molecular formula is C26H22ClFN2O2. The van der Waals surface area contributed by atoms with Crippen LogP contribution in [-0.2, 0) is 5.41 Å². The molecule has 4 rings (SSSR count). The van der Waals surface area contributed by atoms with Crippen LogP contribution < -0.4 is 10.3 Å². The van der Waals surface area contributed by atoms with Gasteiger partial charge in [0.25, 0.3) is 0 Å². The average molecular weight is 449 g/mol. The van der Waals surface area contributed by atoms with E-state index < -0.39 is 5.82 Å². The smallest absolute Gasteiger partial charge is 0.249 e. The predicted octanol–water partition coefficient (Wildman–Crippen LogP) is 6.99. The third kappa shape index (κ3) is 4.58. The molecule has 4 nitrogen and oxygen atoms in total. The normalized spacial score (nSPS) is 11.4. The molecule has 0 amide bonds. The summed E-state index contributed by atoms with van der Waals surface area (Å²) in [4.78, 5) is 19.4. The number of nitrogens with zero attached hydrogens (tertiary/aromatic N) is 1. The van der Waals surface area contributed by atoms with Crippen molar-refractivity contribution in [1.82, 2.24) is 9.97 Å². The van der Waals surface area contributed by atoms with Crippen molar-refractivity contribution >= 4 is 11.6 Å².